The summed E-state index contributed by atoms with van der Waals surface area (Å²) >= 11 is 6.25. The molecule has 0 unspecified atom stereocenters. The smallest absolute Gasteiger partial charge is 0.243 e. The van der Waals surface area contributed by atoms with E-state index in [-0.39, 0.29) is 9.93 Å². The maximum Gasteiger partial charge on any atom is 0.243 e. The van der Waals surface area contributed by atoms with E-state index in [4.69, 9.17) is 11.6 Å². The summed E-state index contributed by atoms with van der Waals surface area (Å²) in [6.07, 6.45) is 1.44. The first kappa shape index (κ1) is 20.4. The highest BCUT2D eigenvalue weighted by molar-refractivity contribution is 7.89. The average molecular weight is 426 g/mol. The SMILES string of the molecule is CCN(CC)S(=O)(=O)c1ccc2nc(C(Cl)=Cc3ccc(F)c(F)c3)[nH]c2c1. The Balaban J connectivity index is 1.98. The van der Waals surface area contributed by atoms with Gasteiger partial charge >= 0.3 is 0 Å². The zero-order valence-electron chi connectivity index (χ0n) is 15.2. The number of rotatable bonds is 6. The van der Waals surface area contributed by atoms with Crippen LogP contribution in [-0.4, -0.2) is 35.8 Å². The molecule has 0 atom stereocenters. The molecular formula is C19H18ClF2N3O2S. The lowest BCUT2D eigenvalue weighted by Crippen LogP contribution is -2.30. The van der Waals surface area contributed by atoms with Gasteiger partial charge in [-0.15, -0.1) is 0 Å². The van der Waals surface area contributed by atoms with Crippen LogP contribution in [-0.2, 0) is 10.0 Å². The van der Waals surface area contributed by atoms with Crippen LogP contribution in [0.1, 0.15) is 25.2 Å². The number of hydrogen-bond donors (Lipinski definition) is 1. The third-order valence-electron chi connectivity index (χ3n) is 4.26. The van der Waals surface area contributed by atoms with Crippen molar-refractivity contribution in [2.45, 2.75) is 18.7 Å². The molecule has 1 heterocycles. The zero-order chi connectivity index (χ0) is 20.5. The summed E-state index contributed by atoms with van der Waals surface area (Å²) in [4.78, 5) is 7.44. The van der Waals surface area contributed by atoms with Crippen molar-refractivity contribution in [3.05, 3.63) is 59.4 Å². The number of fused-ring (bicyclic) bond motifs is 1. The van der Waals surface area contributed by atoms with Gasteiger partial charge in [0.15, 0.2) is 11.6 Å². The van der Waals surface area contributed by atoms with Crippen molar-refractivity contribution in [2.24, 2.45) is 0 Å². The first-order chi connectivity index (χ1) is 13.3. The van der Waals surface area contributed by atoms with E-state index in [2.05, 4.69) is 9.97 Å². The highest BCUT2D eigenvalue weighted by Crippen LogP contribution is 2.26. The summed E-state index contributed by atoms with van der Waals surface area (Å²) in [7, 11) is -3.60. The van der Waals surface area contributed by atoms with Crippen molar-refractivity contribution < 1.29 is 17.2 Å². The van der Waals surface area contributed by atoms with E-state index in [1.807, 2.05) is 0 Å². The Morgan fingerprint density at radius 2 is 1.86 bits per heavy atom. The number of hydrogen-bond acceptors (Lipinski definition) is 3. The molecule has 0 aliphatic carbocycles. The molecular weight excluding hydrogens is 408 g/mol. The maximum absolute atomic E-state index is 13.3. The molecule has 9 heteroatoms. The van der Waals surface area contributed by atoms with E-state index in [0.29, 0.717) is 35.5 Å². The number of aromatic nitrogens is 2. The minimum Gasteiger partial charge on any atom is -0.337 e. The fourth-order valence-electron chi connectivity index (χ4n) is 2.79. The van der Waals surface area contributed by atoms with E-state index < -0.39 is 21.7 Å². The quantitative estimate of drug-likeness (QED) is 0.627. The lowest BCUT2D eigenvalue weighted by Gasteiger charge is -2.18. The molecule has 3 rings (SSSR count). The molecule has 28 heavy (non-hydrogen) atoms. The normalized spacial score (nSPS) is 12.9. The van der Waals surface area contributed by atoms with Crippen LogP contribution in [0.25, 0.3) is 22.1 Å². The lowest BCUT2D eigenvalue weighted by atomic mass is 10.2. The fraction of sp³-hybridized carbons (Fsp3) is 0.211. The first-order valence-corrected chi connectivity index (χ1v) is 10.4. The largest absolute Gasteiger partial charge is 0.337 e. The summed E-state index contributed by atoms with van der Waals surface area (Å²) in [5, 5.41) is 0.176. The number of aromatic amines is 1. The van der Waals surface area contributed by atoms with E-state index in [1.165, 1.54) is 28.6 Å². The van der Waals surface area contributed by atoms with Gasteiger partial charge in [0.2, 0.25) is 10.0 Å². The standard InChI is InChI=1S/C19H18ClF2N3O2S/c1-3-25(4-2)28(26,27)13-6-8-17-18(11-13)24-19(23-17)14(20)9-12-5-7-15(21)16(22)10-12/h5-11H,3-4H2,1-2H3,(H,23,24). The summed E-state index contributed by atoms with van der Waals surface area (Å²) in [6, 6.07) is 8.00. The molecule has 0 radical (unpaired) electrons. The van der Waals surface area contributed by atoms with Gasteiger partial charge in [-0.2, -0.15) is 4.31 Å². The van der Waals surface area contributed by atoms with E-state index in [0.717, 1.165) is 12.1 Å². The van der Waals surface area contributed by atoms with Crippen LogP contribution in [0.3, 0.4) is 0 Å². The van der Waals surface area contributed by atoms with Crippen LogP contribution < -0.4 is 0 Å². The molecule has 0 aliphatic rings. The number of halogens is 3. The van der Waals surface area contributed by atoms with Crippen LogP contribution in [0.5, 0.6) is 0 Å². The third-order valence-corrected chi connectivity index (χ3v) is 6.59. The van der Waals surface area contributed by atoms with Crippen molar-refractivity contribution >= 4 is 43.8 Å². The van der Waals surface area contributed by atoms with E-state index >= 15 is 0 Å². The second-order valence-electron chi connectivity index (χ2n) is 6.02. The van der Waals surface area contributed by atoms with Crippen LogP contribution >= 0.6 is 11.6 Å². The van der Waals surface area contributed by atoms with Gasteiger partial charge in [-0.3, -0.25) is 0 Å². The van der Waals surface area contributed by atoms with Crippen molar-refractivity contribution in [2.75, 3.05) is 13.1 Å². The Bertz CT molecular complexity index is 1160. The van der Waals surface area contributed by atoms with Gasteiger partial charge in [-0.1, -0.05) is 31.5 Å². The summed E-state index contributed by atoms with van der Waals surface area (Å²) in [6.45, 7) is 4.29. The topological polar surface area (TPSA) is 66.1 Å². The van der Waals surface area contributed by atoms with Crippen LogP contribution in [0.4, 0.5) is 8.78 Å². The molecule has 2 aromatic carbocycles. The van der Waals surface area contributed by atoms with E-state index in [9.17, 15) is 17.2 Å². The van der Waals surface area contributed by atoms with Crippen molar-refractivity contribution in [1.82, 2.24) is 14.3 Å². The highest BCUT2D eigenvalue weighted by Gasteiger charge is 2.22. The molecule has 0 spiro atoms. The Kier molecular flexibility index (Phi) is 5.83. The molecule has 0 fully saturated rings. The molecule has 5 nitrogen and oxygen atoms in total. The molecule has 0 saturated carbocycles. The van der Waals surface area contributed by atoms with Gasteiger partial charge in [-0.05, 0) is 42.0 Å². The number of H-pyrrole nitrogens is 1. The van der Waals surface area contributed by atoms with Crippen molar-refractivity contribution in [3.63, 3.8) is 0 Å². The molecule has 0 amide bonds. The van der Waals surface area contributed by atoms with E-state index in [1.54, 1.807) is 19.9 Å². The van der Waals surface area contributed by atoms with Gasteiger partial charge in [-0.25, -0.2) is 22.2 Å². The minimum absolute atomic E-state index is 0.152. The average Bonchev–Trinajstić information content (AvgIpc) is 3.09. The molecule has 1 aromatic heterocycles. The Hall–Kier alpha value is -2.29. The van der Waals surface area contributed by atoms with Gasteiger partial charge in [0.05, 0.1) is 21.0 Å². The molecule has 3 aromatic rings. The van der Waals surface area contributed by atoms with Crippen molar-refractivity contribution in [3.8, 4) is 0 Å². The number of sulfonamides is 1. The van der Waals surface area contributed by atoms with Crippen molar-refractivity contribution in [1.29, 1.82) is 0 Å². The number of nitrogens with one attached hydrogen (secondary N) is 1. The number of imidazole rings is 1. The van der Waals surface area contributed by atoms with Gasteiger partial charge in [0.25, 0.3) is 0 Å². The summed E-state index contributed by atoms with van der Waals surface area (Å²) < 4.78 is 53.1. The fourth-order valence-corrected chi connectivity index (χ4v) is 4.49. The van der Waals surface area contributed by atoms with Crippen LogP contribution in [0.15, 0.2) is 41.3 Å². The molecule has 148 valence electrons. The second-order valence-corrected chi connectivity index (χ2v) is 8.36. The lowest BCUT2D eigenvalue weighted by molar-refractivity contribution is 0.445. The predicted octanol–water partition coefficient (Wildman–Crippen LogP) is 4.61. The maximum atomic E-state index is 13.3. The zero-order valence-corrected chi connectivity index (χ0v) is 16.8. The second kappa shape index (κ2) is 7.98. The number of nitrogens with zero attached hydrogens (tertiary/aromatic N) is 2. The monoisotopic (exact) mass is 425 g/mol. The Morgan fingerprint density at radius 1 is 1.14 bits per heavy atom. The predicted molar refractivity (Wildman–Crippen MR) is 106 cm³/mol. The summed E-state index contributed by atoms with van der Waals surface area (Å²) in [5.41, 5.74) is 1.40. The molecule has 1 N–H and O–H groups in total. The Labute approximate surface area is 166 Å². The van der Waals surface area contributed by atoms with Crippen LogP contribution in [0, 0.1) is 11.6 Å². The van der Waals surface area contributed by atoms with Gasteiger partial charge < -0.3 is 4.98 Å². The molecule has 0 saturated heterocycles. The minimum atomic E-state index is -3.60. The van der Waals surface area contributed by atoms with Crippen LogP contribution in [0.2, 0.25) is 0 Å². The highest BCUT2D eigenvalue weighted by atomic mass is 35.5. The summed E-state index contributed by atoms with van der Waals surface area (Å²) in [5.74, 6) is -1.63. The van der Waals surface area contributed by atoms with Gasteiger partial charge in [0, 0.05) is 13.1 Å². The van der Waals surface area contributed by atoms with Gasteiger partial charge in [0.1, 0.15) is 5.82 Å². The Morgan fingerprint density at radius 3 is 2.50 bits per heavy atom. The molecule has 0 bridgehead atoms. The third kappa shape index (κ3) is 3.94. The first-order valence-electron chi connectivity index (χ1n) is 8.58. The molecule has 0 aliphatic heterocycles. The number of benzene rings is 2.